The fraction of sp³-hybridized carbons (Fsp3) is 0.333. The molecule has 0 amide bonds. The smallest absolute Gasteiger partial charge is 0.0778 e. The van der Waals surface area contributed by atoms with E-state index >= 15 is 0 Å². The van der Waals surface area contributed by atoms with Gasteiger partial charge >= 0.3 is 0 Å². The summed E-state index contributed by atoms with van der Waals surface area (Å²) >= 11 is 0. The van der Waals surface area contributed by atoms with Gasteiger partial charge in [0.15, 0.2) is 0 Å². The molecule has 0 heterocycles. The van der Waals surface area contributed by atoms with Gasteiger partial charge in [0, 0.05) is 17.4 Å². The average Bonchev–Trinajstić information content (AvgIpc) is 2.29. The van der Waals surface area contributed by atoms with Crippen LogP contribution in [-0.2, 0) is 0 Å². The van der Waals surface area contributed by atoms with E-state index in [9.17, 15) is 5.11 Å². The summed E-state index contributed by atoms with van der Waals surface area (Å²) in [6, 6.07) is 9.85. The molecule has 1 heteroatoms. The monoisotopic (exact) mass is 214 g/mol. The van der Waals surface area contributed by atoms with E-state index in [1.807, 2.05) is 44.2 Å². The third kappa shape index (κ3) is 3.56. The quantitative estimate of drug-likeness (QED) is 0.606. The van der Waals surface area contributed by atoms with Crippen LogP contribution in [0.2, 0.25) is 0 Å². The highest BCUT2D eigenvalue weighted by molar-refractivity contribution is 5.33. The highest BCUT2D eigenvalue weighted by Crippen LogP contribution is 2.25. The van der Waals surface area contributed by atoms with Crippen LogP contribution in [0.25, 0.3) is 0 Å². The van der Waals surface area contributed by atoms with Gasteiger partial charge in [0.05, 0.1) is 6.10 Å². The fourth-order valence-electron chi connectivity index (χ4n) is 1.32. The van der Waals surface area contributed by atoms with E-state index in [1.54, 1.807) is 6.08 Å². The Bertz CT molecular complexity index is 392. The Morgan fingerprint density at radius 2 is 2.00 bits per heavy atom. The van der Waals surface area contributed by atoms with Crippen molar-refractivity contribution in [3.8, 4) is 11.8 Å². The molecule has 16 heavy (non-hydrogen) atoms. The van der Waals surface area contributed by atoms with E-state index < -0.39 is 6.10 Å². The topological polar surface area (TPSA) is 20.2 Å². The minimum absolute atomic E-state index is 0.246. The van der Waals surface area contributed by atoms with E-state index in [1.165, 1.54) is 0 Å². The van der Waals surface area contributed by atoms with Crippen molar-refractivity contribution < 1.29 is 5.11 Å². The first-order chi connectivity index (χ1) is 7.56. The van der Waals surface area contributed by atoms with Crippen LogP contribution < -0.4 is 0 Å². The molecule has 1 aromatic rings. The summed E-state index contributed by atoms with van der Waals surface area (Å²) in [6.45, 7) is 7.57. The van der Waals surface area contributed by atoms with Crippen molar-refractivity contribution in [1.82, 2.24) is 0 Å². The van der Waals surface area contributed by atoms with E-state index in [-0.39, 0.29) is 5.41 Å². The van der Waals surface area contributed by atoms with Gasteiger partial charge in [-0.15, -0.1) is 6.58 Å². The summed E-state index contributed by atoms with van der Waals surface area (Å²) in [4.78, 5) is 0. The Morgan fingerprint density at radius 1 is 1.38 bits per heavy atom. The first-order valence-electron chi connectivity index (χ1n) is 5.41. The third-order valence-corrected chi connectivity index (χ3v) is 2.57. The summed E-state index contributed by atoms with van der Waals surface area (Å²) in [7, 11) is 0. The van der Waals surface area contributed by atoms with E-state index in [2.05, 4.69) is 18.4 Å². The minimum Gasteiger partial charge on any atom is -0.388 e. The molecule has 0 aliphatic heterocycles. The lowest BCUT2D eigenvalue weighted by Crippen LogP contribution is -2.26. The van der Waals surface area contributed by atoms with Crippen LogP contribution in [0, 0.1) is 17.3 Å². The molecule has 1 nitrogen and oxygen atoms in total. The Morgan fingerprint density at radius 3 is 2.56 bits per heavy atom. The van der Waals surface area contributed by atoms with Crippen LogP contribution in [-0.4, -0.2) is 11.2 Å². The maximum Gasteiger partial charge on any atom is 0.0778 e. The van der Waals surface area contributed by atoms with Crippen molar-refractivity contribution in [2.75, 3.05) is 0 Å². The van der Waals surface area contributed by atoms with Gasteiger partial charge in [0.25, 0.3) is 0 Å². The van der Waals surface area contributed by atoms with E-state index in [0.717, 1.165) is 5.56 Å². The zero-order chi connectivity index (χ0) is 12.0. The molecule has 0 aromatic heterocycles. The Balaban J connectivity index is 2.65. The van der Waals surface area contributed by atoms with Crippen molar-refractivity contribution in [1.29, 1.82) is 0 Å². The first-order valence-corrected chi connectivity index (χ1v) is 5.41. The zero-order valence-corrected chi connectivity index (χ0v) is 9.90. The molecule has 0 bridgehead atoms. The predicted molar refractivity (Wildman–Crippen MR) is 67.9 cm³/mol. The van der Waals surface area contributed by atoms with Crippen LogP contribution in [0.3, 0.4) is 0 Å². The molecule has 0 aliphatic rings. The summed E-state index contributed by atoms with van der Waals surface area (Å²) in [5, 5.41) is 9.70. The average molecular weight is 214 g/mol. The van der Waals surface area contributed by atoms with Gasteiger partial charge in [-0.05, 0) is 12.1 Å². The van der Waals surface area contributed by atoms with Crippen LogP contribution in [0.4, 0.5) is 0 Å². The maximum absolute atomic E-state index is 9.70. The summed E-state index contributed by atoms with van der Waals surface area (Å²) in [5.41, 5.74) is 0.759. The number of benzene rings is 1. The Hall–Kier alpha value is -1.52. The molecule has 1 unspecified atom stereocenters. The van der Waals surface area contributed by atoms with Gasteiger partial charge in [0.1, 0.15) is 0 Å². The SMILES string of the molecule is C=CC(O)C(C)(C)CC#Cc1ccccc1. The van der Waals surface area contributed by atoms with Crippen LogP contribution >= 0.6 is 0 Å². The highest BCUT2D eigenvalue weighted by atomic mass is 16.3. The van der Waals surface area contributed by atoms with Crippen LogP contribution in [0.5, 0.6) is 0 Å². The van der Waals surface area contributed by atoms with Gasteiger partial charge in [-0.3, -0.25) is 0 Å². The summed E-state index contributed by atoms with van der Waals surface area (Å²) in [5.74, 6) is 6.18. The van der Waals surface area contributed by atoms with E-state index in [0.29, 0.717) is 6.42 Å². The number of aliphatic hydroxyl groups is 1. The van der Waals surface area contributed by atoms with Crippen molar-refractivity contribution in [3.05, 3.63) is 48.6 Å². The molecular weight excluding hydrogens is 196 g/mol. The normalized spacial score (nSPS) is 12.4. The highest BCUT2D eigenvalue weighted by Gasteiger charge is 2.23. The largest absolute Gasteiger partial charge is 0.388 e. The molecule has 1 atom stereocenters. The van der Waals surface area contributed by atoms with Crippen LogP contribution in [0.1, 0.15) is 25.8 Å². The maximum atomic E-state index is 9.70. The molecule has 0 saturated carbocycles. The van der Waals surface area contributed by atoms with Crippen molar-refractivity contribution in [2.45, 2.75) is 26.4 Å². The lowest BCUT2D eigenvalue weighted by Gasteiger charge is -2.25. The van der Waals surface area contributed by atoms with E-state index in [4.69, 9.17) is 0 Å². The van der Waals surface area contributed by atoms with Crippen molar-refractivity contribution in [2.24, 2.45) is 5.41 Å². The molecule has 1 N–H and O–H groups in total. The molecule has 0 radical (unpaired) electrons. The first kappa shape index (κ1) is 12.5. The molecule has 1 aromatic carbocycles. The second-order valence-corrected chi connectivity index (χ2v) is 4.51. The Kier molecular flexibility index (Phi) is 4.34. The summed E-state index contributed by atoms with van der Waals surface area (Å²) in [6.07, 6.45) is 1.69. The molecule has 0 fully saturated rings. The minimum atomic E-state index is -0.516. The van der Waals surface area contributed by atoms with Crippen molar-refractivity contribution in [3.63, 3.8) is 0 Å². The summed E-state index contributed by atoms with van der Waals surface area (Å²) < 4.78 is 0. The van der Waals surface area contributed by atoms with Gasteiger partial charge < -0.3 is 5.11 Å². The lowest BCUT2D eigenvalue weighted by atomic mass is 9.83. The van der Waals surface area contributed by atoms with Crippen LogP contribution in [0.15, 0.2) is 43.0 Å². The number of hydrogen-bond donors (Lipinski definition) is 1. The standard InChI is InChI=1S/C15H18O/c1-4-14(16)15(2,3)12-8-11-13-9-6-5-7-10-13/h4-7,9-10,14,16H,1,12H2,2-3H3. The molecule has 84 valence electrons. The molecule has 1 rings (SSSR count). The lowest BCUT2D eigenvalue weighted by molar-refractivity contribution is 0.0950. The van der Waals surface area contributed by atoms with Gasteiger partial charge in [-0.25, -0.2) is 0 Å². The molecular formula is C15H18O. The number of hydrogen-bond acceptors (Lipinski definition) is 1. The zero-order valence-electron chi connectivity index (χ0n) is 9.90. The molecule has 0 aliphatic carbocycles. The fourth-order valence-corrected chi connectivity index (χ4v) is 1.32. The number of rotatable bonds is 3. The Labute approximate surface area is 97.8 Å². The second-order valence-electron chi connectivity index (χ2n) is 4.51. The second kappa shape index (κ2) is 5.53. The van der Waals surface area contributed by atoms with Crippen molar-refractivity contribution >= 4 is 0 Å². The van der Waals surface area contributed by atoms with Gasteiger partial charge in [-0.1, -0.05) is 50.0 Å². The third-order valence-electron chi connectivity index (χ3n) is 2.57. The van der Waals surface area contributed by atoms with Gasteiger partial charge in [-0.2, -0.15) is 0 Å². The molecule has 0 spiro atoms. The number of aliphatic hydroxyl groups excluding tert-OH is 1. The predicted octanol–water partition coefficient (Wildman–Crippen LogP) is 3.00. The molecule has 0 saturated heterocycles. The van der Waals surface area contributed by atoms with Gasteiger partial charge in [0.2, 0.25) is 0 Å².